The number of nitrogens with two attached hydrogens (primary N) is 3. The van der Waals surface area contributed by atoms with Crippen molar-refractivity contribution in [3.63, 3.8) is 0 Å². The Morgan fingerprint density at radius 1 is 0.698 bits per heavy atom. The van der Waals surface area contributed by atoms with Crippen LogP contribution in [0.3, 0.4) is 0 Å². The zero-order valence-corrected chi connectivity index (χ0v) is 28.0. The number of nitriles is 2. The van der Waals surface area contributed by atoms with Gasteiger partial charge >= 0.3 is 12.4 Å². The highest BCUT2D eigenvalue weighted by Crippen LogP contribution is 2.43. The molecule has 2 saturated carbocycles. The molecule has 2 heterocycles. The van der Waals surface area contributed by atoms with E-state index in [9.17, 15) is 42.0 Å². The second-order valence-electron chi connectivity index (χ2n) is 13.2. The quantitative estimate of drug-likeness (QED) is 0.144. The molecule has 0 radical (unpaired) electrons. The van der Waals surface area contributed by atoms with Crippen molar-refractivity contribution in [2.75, 3.05) is 11.5 Å². The van der Waals surface area contributed by atoms with E-state index in [1.54, 1.807) is 0 Å². The van der Waals surface area contributed by atoms with Crippen molar-refractivity contribution in [2.45, 2.75) is 87.7 Å². The highest BCUT2D eigenvalue weighted by molar-refractivity contribution is 5.70. The zero-order chi connectivity index (χ0) is 38.2. The summed E-state index contributed by atoms with van der Waals surface area (Å²) in [6, 6.07) is 8.33. The number of benzene rings is 2. The molecule has 2 fully saturated rings. The van der Waals surface area contributed by atoms with Gasteiger partial charge in [0.25, 0.3) is 0 Å². The molecule has 4 aromatic rings. The van der Waals surface area contributed by atoms with Gasteiger partial charge in [-0.3, -0.25) is 0 Å². The Labute approximate surface area is 299 Å². The number of hydrogen-bond donors (Lipinski definition) is 4. The summed E-state index contributed by atoms with van der Waals surface area (Å²) in [5.74, 6) is -2.12. The highest BCUT2D eigenvalue weighted by Gasteiger charge is 2.37. The van der Waals surface area contributed by atoms with Crippen molar-refractivity contribution in [2.24, 2.45) is 5.73 Å². The lowest BCUT2D eigenvalue weighted by Gasteiger charge is -2.34. The van der Waals surface area contributed by atoms with E-state index in [-0.39, 0.29) is 82.2 Å². The molecule has 7 N–H and O–H groups in total. The average Bonchev–Trinajstić information content (AvgIpc) is 3.11. The number of phenolic OH excluding ortho intramolecular Hbond substituents is 1. The molecule has 2 aliphatic carbocycles. The summed E-state index contributed by atoms with van der Waals surface area (Å²) in [5, 5.41) is 30.1. The first-order valence-corrected chi connectivity index (χ1v) is 16.8. The van der Waals surface area contributed by atoms with Crippen molar-refractivity contribution in [3.8, 4) is 46.4 Å². The van der Waals surface area contributed by atoms with E-state index in [0.717, 1.165) is 56.4 Å². The van der Waals surface area contributed by atoms with Gasteiger partial charge in [-0.2, -0.15) is 36.9 Å². The maximum absolute atomic E-state index is 14.0. The standard InChI is InChI=1S/C36H33F6N9O2/c37-35(38,39)19-7-9-26(52)21(13-19)33-49-30(24(16-44)32(47)50-33)18-6-10-28(25(45)12-18)53-27-11-8-20(36(40,41)42)14-22(27)34-48-29(17-4-2-1-3-5-17)23(15-43)31(46)51-34/h7-9,11,13-14,17-18,25,28,52H,1-6,10,12,45H2,(H2,46,48,51)(H2,47,49,50). The second-order valence-corrected chi connectivity index (χ2v) is 13.2. The molecule has 11 nitrogen and oxygen atoms in total. The summed E-state index contributed by atoms with van der Waals surface area (Å²) in [4.78, 5) is 17.2. The van der Waals surface area contributed by atoms with Gasteiger partial charge in [0.2, 0.25) is 0 Å². The maximum Gasteiger partial charge on any atom is 0.416 e. The van der Waals surface area contributed by atoms with Gasteiger partial charge in [-0.05, 0) is 68.5 Å². The minimum Gasteiger partial charge on any atom is -0.507 e. The molecular weight excluding hydrogens is 704 g/mol. The number of aromatic nitrogens is 4. The lowest BCUT2D eigenvalue weighted by molar-refractivity contribution is -0.138. The molecule has 6 rings (SSSR count). The highest BCUT2D eigenvalue weighted by atomic mass is 19.4. The van der Waals surface area contributed by atoms with Crippen LogP contribution in [0.25, 0.3) is 22.8 Å². The molecule has 17 heteroatoms. The summed E-state index contributed by atoms with van der Waals surface area (Å²) < 4.78 is 88.5. The summed E-state index contributed by atoms with van der Waals surface area (Å²) >= 11 is 0. The van der Waals surface area contributed by atoms with Gasteiger partial charge in [0.15, 0.2) is 11.6 Å². The predicted octanol–water partition coefficient (Wildman–Crippen LogP) is 7.34. The van der Waals surface area contributed by atoms with Crippen LogP contribution in [0.1, 0.15) is 96.8 Å². The molecule has 0 saturated heterocycles. The van der Waals surface area contributed by atoms with Gasteiger partial charge in [0.1, 0.15) is 52.5 Å². The van der Waals surface area contributed by atoms with Crippen molar-refractivity contribution < 1.29 is 36.2 Å². The van der Waals surface area contributed by atoms with Crippen LogP contribution in [-0.4, -0.2) is 37.2 Å². The van der Waals surface area contributed by atoms with E-state index in [1.165, 1.54) is 0 Å². The summed E-state index contributed by atoms with van der Waals surface area (Å²) in [6.07, 6.45) is -5.27. The molecule has 0 bridgehead atoms. The van der Waals surface area contributed by atoms with Crippen LogP contribution in [-0.2, 0) is 12.4 Å². The van der Waals surface area contributed by atoms with Gasteiger partial charge in [-0.15, -0.1) is 0 Å². The Morgan fingerprint density at radius 2 is 1.23 bits per heavy atom. The Balaban J connectivity index is 1.32. The fourth-order valence-electron chi connectivity index (χ4n) is 7.04. The number of nitrogen functional groups attached to an aromatic ring is 2. The number of rotatable bonds is 6. The molecule has 2 aromatic heterocycles. The zero-order valence-electron chi connectivity index (χ0n) is 28.0. The van der Waals surface area contributed by atoms with Crippen LogP contribution < -0.4 is 21.9 Å². The first kappa shape index (κ1) is 37.1. The Kier molecular flexibility index (Phi) is 10.1. The normalized spacial score (nSPS) is 19.7. The number of aromatic hydroxyl groups is 1. The lowest BCUT2D eigenvalue weighted by atomic mass is 9.81. The number of anilines is 2. The number of halogens is 6. The molecule has 2 aromatic carbocycles. The minimum absolute atomic E-state index is 0.00176. The fourth-order valence-corrected chi connectivity index (χ4v) is 7.04. The molecular formula is C36H33F6N9O2. The SMILES string of the molecule is N#Cc1c(N)nc(-c2cc(C(F)(F)F)ccc2O)nc1C1CCC(Oc2ccc(C(F)(F)F)cc2-c2nc(N)c(C#N)c(C3CCCCC3)n2)C(N)C1. The number of hydrogen-bond acceptors (Lipinski definition) is 11. The lowest BCUT2D eigenvalue weighted by Crippen LogP contribution is -2.43. The number of nitrogens with zero attached hydrogens (tertiary/aromatic N) is 6. The molecule has 2 aliphatic rings. The number of ether oxygens (including phenoxy) is 1. The van der Waals surface area contributed by atoms with E-state index < -0.39 is 47.3 Å². The third kappa shape index (κ3) is 7.61. The predicted molar refractivity (Wildman–Crippen MR) is 180 cm³/mol. The first-order valence-electron chi connectivity index (χ1n) is 16.8. The van der Waals surface area contributed by atoms with E-state index in [0.29, 0.717) is 17.8 Å². The molecule has 3 atom stereocenters. The number of alkyl halides is 6. The van der Waals surface area contributed by atoms with Gasteiger partial charge in [0.05, 0.1) is 33.6 Å². The van der Waals surface area contributed by atoms with Gasteiger partial charge in [-0.1, -0.05) is 19.3 Å². The maximum atomic E-state index is 14.0. The van der Waals surface area contributed by atoms with Crippen molar-refractivity contribution in [1.82, 2.24) is 19.9 Å². The third-order valence-corrected chi connectivity index (χ3v) is 9.76. The van der Waals surface area contributed by atoms with Crippen LogP contribution in [0.4, 0.5) is 38.0 Å². The molecule has 0 aliphatic heterocycles. The van der Waals surface area contributed by atoms with Crippen molar-refractivity contribution >= 4 is 11.6 Å². The van der Waals surface area contributed by atoms with Crippen LogP contribution in [0.15, 0.2) is 36.4 Å². The molecule has 0 amide bonds. The average molecular weight is 738 g/mol. The van der Waals surface area contributed by atoms with E-state index in [4.69, 9.17) is 21.9 Å². The van der Waals surface area contributed by atoms with E-state index >= 15 is 0 Å². The largest absolute Gasteiger partial charge is 0.507 e. The molecule has 0 spiro atoms. The summed E-state index contributed by atoms with van der Waals surface area (Å²) in [6.45, 7) is 0. The topological polar surface area (TPSA) is 207 Å². The van der Waals surface area contributed by atoms with Gasteiger partial charge in [0, 0.05) is 17.9 Å². The smallest absolute Gasteiger partial charge is 0.416 e. The first-order chi connectivity index (χ1) is 25.1. The van der Waals surface area contributed by atoms with Crippen LogP contribution >= 0.6 is 0 Å². The Hall–Kier alpha value is -5.68. The second kappa shape index (κ2) is 14.4. The molecule has 53 heavy (non-hydrogen) atoms. The monoisotopic (exact) mass is 737 g/mol. The van der Waals surface area contributed by atoms with E-state index in [1.807, 2.05) is 12.1 Å². The third-order valence-electron chi connectivity index (χ3n) is 9.76. The van der Waals surface area contributed by atoms with Crippen LogP contribution in [0.2, 0.25) is 0 Å². The van der Waals surface area contributed by atoms with Crippen molar-refractivity contribution in [1.29, 1.82) is 10.5 Å². The van der Waals surface area contributed by atoms with Crippen LogP contribution in [0.5, 0.6) is 11.5 Å². The van der Waals surface area contributed by atoms with Crippen molar-refractivity contribution in [3.05, 3.63) is 70.0 Å². The van der Waals surface area contributed by atoms with Gasteiger partial charge < -0.3 is 27.0 Å². The molecule has 276 valence electrons. The summed E-state index contributed by atoms with van der Waals surface area (Å²) in [7, 11) is 0. The Bertz CT molecular complexity index is 2120. The molecule has 3 unspecified atom stereocenters. The minimum atomic E-state index is -4.72. The fraction of sp³-hybridized carbons (Fsp3) is 0.389. The van der Waals surface area contributed by atoms with E-state index in [2.05, 4.69) is 19.9 Å². The summed E-state index contributed by atoms with van der Waals surface area (Å²) in [5.41, 5.74) is 16.8. The van der Waals surface area contributed by atoms with Gasteiger partial charge in [-0.25, -0.2) is 19.9 Å². The Morgan fingerprint density at radius 3 is 1.77 bits per heavy atom. The number of phenols is 1. The van der Waals surface area contributed by atoms with Crippen LogP contribution in [0, 0.1) is 22.7 Å².